The fourth-order valence-corrected chi connectivity index (χ4v) is 1.21. The van der Waals surface area contributed by atoms with Crippen LogP contribution in [0.3, 0.4) is 0 Å². The average Bonchev–Trinajstić information content (AvgIpc) is 2.30. The van der Waals surface area contributed by atoms with Crippen molar-refractivity contribution in [3.8, 4) is 0 Å². The lowest BCUT2D eigenvalue weighted by Gasteiger charge is -2.15. The van der Waals surface area contributed by atoms with Crippen LogP contribution in [-0.2, 0) is 4.79 Å². The van der Waals surface area contributed by atoms with E-state index in [1.807, 2.05) is 13.8 Å². The third-order valence-corrected chi connectivity index (χ3v) is 2.19. The lowest BCUT2D eigenvalue weighted by atomic mass is 10.2. The van der Waals surface area contributed by atoms with Gasteiger partial charge in [0.1, 0.15) is 6.04 Å². The molecule has 0 bridgehead atoms. The summed E-state index contributed by atoms with van der Waals surface area (Å²) < 4.78 is 13.3. The second-order valence-electron chi connectivity index (χ2n) is 4.43. The van der Waals surface area contributed by atoms with Crippen LogP contribution >= 0.6 is 0 Å². The number of amides is 1. The van der Waals surface area contributed by atoms with Crippen molar-refractivity contribution in [1.82, 2.24) is 15.3 Å². The molecular weight excluding hydrogens is 237 g/mol. The van der Waals surface area contributed by atoms with Gasteiger partial charge < -0.3 is 16.4 Å². The summed E-state index contributed by atoms with van der Waals surface area (Å²) in [5.74, 6) is -0.635. The van der Waals surface area contributed by atoms with Gasteiger partial charge in [0.15, 0.2) is 11.6 Å². The second kappa shape index (κ2) is 6.13. The Morgan fingerprint density at radius 1 is 1.50 bits per heavy atom. The van der Waals surface area contributed by atoms with Gasteiger partial charge in [0.25, 0.3) is 0 Å². The molecule has 1 atom stereocenters. The van der Waals surface area contributed by atoms with Gasteiger partial charge in [-0.2, -0.15) is 4.98 Å². The number of halogens is 1. The number of rotatable bonds is 5. The molecule has 0 spiro atoms. The van der Waals surface area contributed by atoms with Crippen molar-refractivity contribution < 1.29 is 9.18 Å². The van der Waals surface area contributed by atoms with Gasteiger partial charge in [0, 0.05) is 6.54 Å². The monoisotopic (exact) mass is 255 g/mol. The minimum atomic E-state index is -0.646. The van der Waals surface area contributed by atoms with Gasteiger partial charge in [-0.3, -0.25) is 4.79 Å². The van der Waals surface area contributed by atoms with Gasteiger partial charge in [-0.25, -0.2) is 9.37 Å². The van der Waals surface area contributed by atoms with E-state index >= 15 is 0 Å². The van der Waals surface area contributed by atoms with E-state index in [2.05, 4.69) is 20.6 Å². The Bertz CT molecular complexity index is 424. The van der Waals surface area contributed by atoms with E-state index in [0.717, 1.165) is 6.20 Å². The molecule has 0 radical (unpaired) electrons. The van der Waals surface area contributed by atoms with E-state index in [9.17, 15) is 9.18 Å². The highest BCUT2D eigenvalue weighted by Gasteiger charge is 2.15. The lowest BCUT2D eigenvalue weighted by molar-refractivity contribution is -0.121. The molecule has 100 valence electrons. The molecule has 0 aromatic carbocycles. The van der Waals surface area contributed by atoms with Gasteiger partial charge in [0.2, 0.25) is 11.9 Å². The Hall–Kier alpha value is -1.92. The molecule has 18 heavy (non-hydrogen) atoms. The molecule has 1 amide bonds. The fourth-order valence-electron chi connectivity index (χ4n) is 1.21. The van der Waals surface area contributed by atoms with Crippen molar-refractivity contribution in [2.24, 2.45) is 5.92 Å². The normalized spacial score (nSPS) is 12.3. The van der Waals surface area contributed by atoms with E-state index < -0.39 is 11.9 Å². The third kappa shape index (κ3) is 4.15. The van der Waals surface area contributed by atoms with Crippen molar-refractivity contribution >= 4 is 17.7 Å². The number of hydrogen-bond acceptors (Lipinski definition) is 5. The van der Waals surface area contributed by atoms with Crippen molar-refractivity contribution in [3.63, 3.8) is 0 Å². The molecule has 1 unspecified atom stereocenters. The molecule has 0 saturated heterocycles. The van der Waals surface area contributed by atoms with Gasteiger partial charge >= 0.3 is 0 Å². The summed E-state index contributed by atoms with van der Waals surface area (Å²) in [5, 5.41) is 5.39. The standard InChI is InChI=1S/C11H18FN5O/c1-6(2)4-14-10(18)7(3)16-9-8(12)5-15-11(13)17-9/h5-7H,4H2,1-3H3,(H,14,18)(H3,13,15,16,17). The molecule has 7 heteroatoms. The third-order valence-electron chi connectivity index (χ3n) is 2.19. The van der Waals surface area contributed by atoms with Crippen LogP contribution in [0.1, 0.15) is 20.8 Å². The Morgan fingerprint density at radius 3 is 2.78 bits per heavy atom. The SMILES string of the molecule is CC(C)CNC(=O)C(C)Nc1nc(N)ncc1F. The fraction of sp³-hybridized carbons (Fsp3) is 0.545. The van der Waals surface area contributed by atoms with E-state index in [1.54, 1.807) is 6.92 Å². The Kier molecular flexibility index (Phi) is 4.82. The van der Waals surface area contributed by atoms with E-state index in [-0.39, 0.29) is 17.7 Å². The molecule has 0 aliphatic carbocycles. The summed E-state index contributed by atoms with van der Waals surface area (Å²) in [5.41, 5.74) is 5.35. The van der Waals surface area contributed by atoms with Gasteiger partial charge in [-0.05, 0) is 12.8 Å². The first-order chi connectivity index (χ1) is 8.40. The summed E-state index contributed by atoms with van der Waals surface area (Å²) in [6.45, 7) is 6.17. The van der Waals surface area contributed by atoms with Gasteiger partial charge in [-0.1, -0.05) is 13.8 Å². The van der Waals surface area contributed by atoms with Crippen LogP contribution in [0, 0.1) is 11.7 Å². The number of nitrogen functional groups attached to an aromatic ring is 1. The zero-order valence-electron chi connectivity index (χ0n) is 10.7. The zero-order chi connectivity index (χ0) is 13.7. The van der Waals surface area contributed by atoms with E-state index in [1.165, 1.54) is 0 Å². The highest BCUT2D eigenvalue weighted by atomic mass is 19.1. The average molecular weight is 255 g/mol. The molecule has 1 heterocycles. The van der Waals surface area contributed by atoms with Crippen molar-refractivity contribution in [3.05, 3.63) is 12.0 Å². The van der Waals surface area contributed by atoms with Crippen LogP contribution < -0.4 is 16.4 Å². The van der Waals surface area contributed by atoms with Crippen LogP contribution in [0.4, 0.5) is 16.2 Å². The molecule has 6 nitrogen and oxygen atoms in total. The van der Waals surface area contributed by atoms with Crippen LogP contribution in [0.2, 0.25) is 0 Å². The molecule has 0 aliphatic rings. The summed E-state index contributed by atoms with van der Waals surface area (Å²) in [6, 6.07) is -0.604. The van der Waals surface area contributed by atoms with Gasteiger partial charge in [-0.15, -0.1) is 0 Å². The van der Waals surface area contributed by atoms with Crippen LogP contribution in [0.5, 0.6) is 0 Å². The van der Waals surface area contributed by atoms with E-state index in [4.69, 9.17) is 5.73 Å². The molecule has 0 fully saturated rings. The minimum Gasteiger partial charge on any atom is -0.368 e. The summed E-state index contributed by atoms with van der Waals surface area (Å²) in [4.78, 5) is 18.9. The predicted octanol–water partition coefficient (Wildman–Crippen LogP) is 0.770. The number of nitrogens with zero attached hydrogens (tertiary/aromatic N) is 2. The topological polar surface area (TPSA) is 92.9 Å². The highest BCUT2D eigenvalue weighted by Crippen LogP contribution is 2.11. The maximum absolute atomic E-state index is 13.3. The number of carbonyl (C=O) groups excluding carboxylic acids is 1. The molecule has 1 aromatic rings. The molecule has 0 aliphatic heterocycles. The first kappa shape index (κ1) is 14.1. The Labute approximate surface area is 105 Å². The largest absolute Gasteiger partial charge is 0.368 e. The molecule has 1 rings (SSSR count). The smallest absolute Gasteiger partial charge is 0.242 e. The molecule has 4 N–H and O–H groups in total. The number of hydrogen-bond donors (Lipinski definition) is 3. The zero-order valence-corrected chi connectivity index (χ0v) is 10.7. The lowest BCUT2D eigenvalue weighted by Crippen LogP contribution is -2.39. The number of nitrogens with one attached hydrogen (secondary N) is 2. The highest BCUT2D eigenvalue weighted by molar-refractivity contribution is 5.83. The summed E-state index contributed by atoms with van der Waals surface area (Å²) >= 11 is 0. The minimum absolute atomic E-state index is 0.0475. The number of carbonyl (C=O) groups is 1. The quantitative estimate of drug-likeness (QED) is 0.722. The van der Waals surface area contributed by atoms with Crippen molar-refractivity contribution in [2.45, 2.75) is 26.8 Å². The summed E-state index contributed by atoms with van der Waals surface area (Å²) in [6.07, 6.45) is 0.962. The second-order valence-corrected chi connectivity index (χ2v) is 4.43. The summed E-state index contributed by atoms with van der Waals surface area (Å²) in [7, 11) is 0. The van der Waals surface area contributed by atoms with E-state index in [0.29, 0.717) is 12.5 Å². The van der Waals surface area contributed by atoms with Crippen LogP contribution in [0.15, 0.2) is 6.20 Å². The maximum Gasteiger partial charge on any atom is 0.242 e. The Balaban J connectivity index is 2.60. The van der Waals surface area contributed by atoms with Gasteiger partial charge in [0.05, 0.1) is 6.20 Å². The first-order valence-electron chi connectivity index (χ1n) is 5.72. The number of anilines is 2. The van der Waals surface area contributed by atoms with Crippen molar-refractivity contribution in [1.29, 1.82) is 0 Å². The van der Waals surface area contributed by atoms with Crippen molar-refractivity contribution in [2.75, 3.05) is 17.6 Å². The molecular formula is C11H18FN5O. The number of aromatic nitrogens is 2. The molecule has 1 aromatic heterocycles. The van der Waals surface area contributed by atoms with Crippen LogP contribution in [0.25, 0.3) is 0 Å². The van der Waals surface area contributed by atoms with Crippen LogP contribution in [-0.4, -0.2) is 28.5 Å². The molecule has 0 saturated carbocycles. The predicted molar refractivity (Wildman–Crippen MR) is 67.3 cm³/mol. The Morgan fingerprint density at radius 2 is 2.17 bits per heavy atom. The first-order valence-corrected chi connectivity index (χ1v) is 5.72. The maximum atomic E-state index is 13.3. The number of nitrogens with two attached hydrogens (primary N) is 1.